The highest BCUT2D eigenvalue weighted by atomic mass is 16.5. The summed E-state index contributed by atoms with van der Waals surface area (Å²) in [5.41, 5.74) is 1.66. The zero-order chi connectivity index (χ0) is 24.7. The fraction of sp³-hybridized carbons (Fsp3) is 0.542. The normalized spacial score (nSPS) is 19.1. The Morgan fingerprint density at radius 1 is 1.15 bits per heavy atom. The highest BCUT2D eigenvalue weighted by Gasteiger charge is 2.38. The Kier molecular flexibility index (Phi) is 8.75. The maximum absolute atomic E-state index is 13.1. The van der Waals surface area contributed by atoms with Gasteiger partial charge in [0.05, 0.1) is 25.3 Å². The number of amides is 4. The highest BCUT2D eigenvalue weighted by Crippen LogP contribution is 2.35. The van der Waals surface area contributed by atoms with E-state index in [4.69, 9.17) is 9.47 Å². The zero-order valence-electron chi connectivity index (χ0n) is 20.4. The number of para-hydroxylation sites is 1. The van der Waals surface area contributed by atoms with Gasteiger partial charge in [-0.15, -0.1) is 0 Å². The van der Waals surface area contributed by atoms with Crippen molar-refractivity contribution in [1.82, 2.24) is 25.3 Å². The quantitative estimate of drug-likeness (QED) is 0.560. The van der Waals surface area contributed by atoms with Gasteiger partial charge in [-0.05, 0) is 19.4 Å². The molecular weight excluding hydrogens is 438 g/mol. The highest BCUT2D eigenvalue weighted by molar-refractivity contribution is 5.95. The zero-order valence-corrected chi connectivity index (χ0v) is 20.4. The second-order valence-electron chi connectivity index (χ2n) is 8.26. The van der Waals surface area contributed by atoms with Gasteiger partial charge in [-0.3, -0.25) is 9.80 Å². The standard InChI is InChI=1S/C24H35N5O5/c1-5-11-25-23(31)29-14-12-28(13-15-29)16-18-20(22(30)34-6-2)21(26-24(32)27(18)3)17-9-7-8-10-19(17)33-4/h7-10,21H,5-6,11-16H2,1-4H3,(H,25,31)(H,26,32). The van der Waals surface area contributed by atoms with Crippen molar-refractivity contribution in [3.05, 3.63) is 41.1 Å². The van der Waals surface area contributed by atoms with E-state index in [1.54, 1.807) is 32.0 Å². The maximum atomic E-state index is 13.1. The summed E-state index contributed by atoms with van der Waals surface area (Å²) in [5, 5.41) is 5.83. The van der Waals surface area contributed by atoms with Gasteiger partial charge in [0.15, 0.2) is 0 Å². The molecular formula is C24H35N5O5. The van der Waals surface area contributed by atoms with Gasteiger partial charge in [-0.2, -0.15) is 0 Å². The number of likely N-dealkylation sites (N-methyl/N-ethyl adjacent to an activating group) is 1. The third-order valence-electron chi connectivity index (χ3n) is 6.08. The molecule has 2 aliphatic heterocycles. The van der Waals surface area contributed by atoms with Gasteiger partial charge in [-0.1, -0.05) is 25.1 Å². The molecule has 4 amide bonds. The van der Waals surface area contributed by atoms with Crippen LogP contribution < -0.4 is 15.4 Å². The number of benzene rings is 1. The first-order valence-electron chi connectivity index (χ1n) is 11.7. The van der Waals surface area contributed by atoms with Gasteiger partial charge < -0.3 is 25.0 Å². The number of methoxy groups -OCH3 is 1. The molecule has 3 rings (SSSR count). The van der Waals surface area contributed by atoms with Crippen LogP contribution >= 0.6 is 0 Å². The minimum Gasteiger partial charge on any atom is -0.496 e. The van der Waals surface area contributed by atoms with E-state index in [9.17, 15) is 14.4 Å². The molecule has 0 radical (unpaired) electrons. The average molecular weight is 474 g/mol. The fourth-order valence-corrected chi connectivity index (χ4v) is 4.20. The predicted octanol–water partition coefficient (Wildman–Crippen LogP) is 1.95. The Morgan fingerprint density at radius 3 is 2.50 bits per heavy atom. The molecule has 186 valence electrons. The number of carbonyl (C=O) groups is 3. The number of nitrogens with one attached hydrogen (secondary N) is 2. The molecule has 0 spiro atoms. The van der Waals surface area contributed by atoms with Gasteiger partial charge in [0.2, 0.25) is 0 Å². The van der Waals surface area contributed by atoms with Crippen molar-refractivity contribution in [2.24, 2.45) is 0 Å². The van der Waals surface area contributed by atoms with E-state index in [1.807, 2.05) is 25.1 Å². The lowest BCUT2D eigenvalue weighted by Gasteiger charge is -2.39. The number of hydrogen-bond acceptors (Lipinski definition) is 6. The van der Waals surface area contributed by atoms with E-state index >= 15 is 0 Å². The molecule has 0 saturated carbocycles. The van der Waals surface area contributed by atoms with Crippen LogP contribution in [0.15, 0.2) is 35.5 Å². The number of urea groups is 2. The van der Waals surface area contributed by atoms with E-state index in [-0.39, 0.29) is 18.7 Å². The van der Waals surface area contributed by atoms with Crippen LogP contribution in [0.1, 0.15) is 31.9 Å². The minimum absolute atomic E-state index is 0.0571. The molecule has 0 aliphatic carbocycles. The van der Waals surface area contributed by atoms with Crippen molar-refractivity contribution in [2.75, 3.05) is 60.0 Å². The van der Waals surface area contributed by atoms with Gasteiger partial charge in [0, 0.05) is 57.6 Å². The molecule has 0 bridgehead atoms. The summed E-state index contributed by atoms with van der Waals surface area (Å²) in [5.74, 6) is 0.100. The number of hydrogen-bond donors (Lipinski definition) is 2. The number of esters is 1. The minimum atomic E-state index is -0.699. The molecule has 1 aromatic carbocycles. The largest absolute Gasteiger partial charge is 0.496 e. The van der Waals surface area contributed by atoms with Crippen molar-refractivity contribution in [1.29, 1.82) is 0 Å². The summed E-state index contributed by atoms with van der Waals surface area (Å²) in [6.07, 6.45) is 0.887. The maximum Gasteiger partial charge on any atom is 0.338 e. The summed E-state index contributed by atoms with van der Waals surface area (Å²) in [4.78, 5) is 43.7. The van der Waals surface area contributed by atoms with Gasteiger partial charge in [-0.25, -0.2) is 14.4 Å². The van der Waals surface area contributed by atoms with E-state index in [0.717, 1.165) is 6.42 Å². The third-order valence-corrected chi connectivity index (χ3v) is 6.08. The van der Waals surface area contributed by atoms with E-state index in [2.05, 4.69) is 15.5 Å². The monoisotopic (exact) mass is 473 g/mol. The second kappa shape index (κ2) is 11.7. The molecule has 1 atom stereocenters. The first kappa shape index (κ1) is 25.4. The van der Waals surface area contributed by atoms with E-state index < -0.39 is 12.0 Å². The van der Waals surface area contributed by atoms with Crippen LogP contribution in [0.2, 0.25) is 0 Å². The fourth-order valence-electron chi connectivity index (χ4n) is 4.20. The first-order valence-corrected chi connectivity index (χ1v) is 11.7. The van der Waals surface area contributed by atoms with Gasteiger partial charge >= 0.3 is 18.0 Å². The number of carbonyl (C=O) groups excluding carboxylic acids is 3. The molecule has 1 fully saturated rings. The number of rotatable bonds is 8. The predicted molar refractivity (Wildman–Crippen MR) is 127 cm³/mol. The molecule has 10 nitrogen and oxygen atoms in total. The van der Waals surface area contributed by atoms with Crippen LogP contribution in [-0.2, 0) is 9.53 Å². The van der Waals surface area contributed by atoms with Crippen LogP contribution in [0.25, 0.3) is 0 Å². The Labute approximate surface area is 200 Å². The summed E-state index contributed by atoms with van der Waals surface area (Å²) in [6, 6.07) is 6.24. The Balaban J connectivity index is 1.89. The van der Waals surface area contributed by atoms with Crippen molar-refractivity contribution < 1.29 is 23.9 Å². The van der Waals surface area contributed by atoms with Crippen LogP contribution in [0, 0.1) is 0 Å². The lowest BCUT2D eigenvalue weighted by atomic mass is 9.93. The molecule has 34 heavy (non-hydrogen) atoms. The third kappa shape index (κ3) is 5.61. The molecule has 0 aromatic heterocycles. The van der Waals surface area contributed by atoms with Crippen LogP contribution in [0.4, 0.5) is 9.59 Å². The molecule has 2 heterocycles. The lowest BCUT2D eigenvalue weighted by Crippen LogP contribution is -2.54. The van der Waals surface area contributed by atoms with Crippen molar-refractivity contribution >= 4 is 18.0 Å². The molecule has 10 heteroatoms. The molecule has 2 aliphatic rings. The SMILES string of the molecule is CCCNC(=O)N1CCN(CC2=C(C(=O)OCC)C(c3ccccc3OC)NC(=O)N2C)CC1. The van der Waals surface area contributed by atoms with Gasteiger partial charge in [0.1, 0.15) is 5.75 Å². The van der Waals surface area contributed by atoms with E-state index in [0.29, 0.717) is 61.9 Å². The van der Waals surface area contributed by atoms with Crippen LogP contribution in [0.3, 0.4) is 0 Å². The lowest BCUT2D eigenvalue weighted by molar-refractivity contribution is -0.139. The molecule has 1 unspecified atom stereocenters. The van der Waals surface area contributed by atoms with E-state index in [1.165, 1.54) is 4.90 Å². The average Bonchev–Trinajstić information content (AvgIpc) is 2.85. The van der Waals surface area contributed by atoms with Gasteiger partial charge in [0.25, 0.3) is 0 Å². The number of nitrogens with zero attached hydrogens (tertiary/aromatic N) is 3. The Morgan fingerprint density at radius 2 is 1.85 bits per heavy atom. The van der Waals surface area contributed by atoms with Crippen LogP contribution in [0.5, 0.6) is 5.75 Å². The summed E-state index contributed by atoms with van der Waals surface area (Å²) in [6.45, 7) is 7.44. The summed E-state index contributed by atoms with van der Waals surface area (Å²) < 4.78 is 10.9. The topological polar surface area (TPSA) is 103 Å². The van der Waals surface area contributed by atoms with Crippen molar-refractivity contribution in [3.63, 3.8) is 0 Å². The summed E-state index contributed by atoms with van der Waals surface area (Å²) >= 11 is 0. The smallest absolute Gasteiger partial charge is 0.338 e. The molecule has 1 aromatic rings. The number of ether oxygens (including phenoxy) is 2. The number of piperazine rings is 1. The van der Waals surface area contributed by atoms with Crippen molar-refractivity contribution in [3.8, 4) is 5.75 Å². The van der Waals surface area contributed by atoms with Crippen molar-refractivity contribution in [2.45, 2.75) is 26.3 Å². The Bertz CT molecular complexity index is 926. The molecule has 1 saturated heterocycles. The second-order valence-corrected chi connectivity index (χ2v) is 8.26. The Hall–Kier alpha value is -3.27. The first-order chi connectivity index (χ1) is 16.4. The summed E-state index contributed by atoms with van der Waals surface area (Å²) in [7, 11) is 3.21. The van der Waals surface area contributed by atoms with Crippen LogP contribution in [-0.4, -0.2) is 92.8 Å². The molecule has 2 N–H and O–H groups in total.